The third-order valence-corrected chi connectivity index (χ3v) is 6.40. The number of imide groups is 1. The quantitative estimate of drug-likeness (QED) is 0.361. The van der Waals surface area contributed by atoms with Crippen LogP contribution in [0.25, 0.3) is 11.8 Å². The Hall–Kier alpha value is -3.75. The van der Waals surface area contributed by atoms with Gasteiger partial charge in [0, 0.05) is 11.4 Å². The van der Waals surface area contributed by atoms with E-state index in [1.165, 1.54) is 7.11 Å². The van der Waals surface area contributed by atoms with Gasteiger partial charge in [-0.25, -0.2) is 9.69 Å². The van der Waals surface area contributed by atoms with Crippen LogP contribution < -0.4 is 15.4 Å². The maximum atomic E-state index is 12.9. The lowest BCUT2D eigenvalue weighted by atomic mass is 10.2. The third kappa shape index (κ3) is 4.76. The number of urea groups is 1. The van der Waals surface area contributed by atoms with E-state index < -0.39 is 24.4 Å². The van der Waals surface area contributed by atoms with Crippen LogP contribution in [-0.4, -0.2) is 41.0 Å². The van der Waals surface area contributed by atoms with E-state index in [1.807, 2.05) is 30.5 Å². The number of para-hydroxylation sites is 2. The van der Waals surface area contributed by atoms with Crippen LogP contribution in [0.2, 0.25) is 10.0 Å². The first-order valence-electron chi connectivity index (χ1n) is 10.6. The van der Waals surface area contributed by atoms with E-state index in [1.54, 1.807) is 42.5 Å². The summed E-state index contributed by atoms with van der Waals surface area (Å²) in [5.74, 6) is -0.669. The lowest BCUT2D eigenvalue weighted by Crippen LogP contribution is -2.38. The van der Waals surface area contributed by atoms with Gasteiger partial charge in [-0.3, -0.25) is 9.59 Å². The predicted molar refractivity (Wildman–Crippen MR) is 135 cm³/mol. The molecule has 0 unspecified atom stereocenters. The number of benzene rings is 2. The van der Waals surface area contributed by atoms with Gasteiger partial charge in [0.1, 0.15) is 18.0 Å². The Morgan fingerprint density at radius 1 is 1.11 bits per heavy atom. The van der Waals surface area contributed by atoms with E-state index >= 15 is 0 Å². The summed E-state index contributed by atoms with van der Waals surface area (Å²) in [6.45, 7) is 3.32. The van der Waals surface area contributed by atoms with Crippen molar-refractivity contribution in [2.24, 2.45) is 0 Å². The zero-order valence-corrected chi connectivity index (χ0v) is 20.7. The molecule has 180 valence electrons. The Labute approximate surface area is 212 Å². The number of nitrogens with one attached hydrogen (secondary N) is 2. The zero-order chi connectivity index (χ0) is 25.3. The van der Waals surface area contributed by atoms with Crippen molar-refractivity contribution in [1.29, 1.82) is 0 Å². The average Bonchev–Trinajstić information content (AvgIpc) is 3.25. The molecular formula is C25H22Cl2N4O4. The van der Waals surface area contributed by atoms with Gasteiger partial charge in [0.25, 0.3) is 5.91 Å². The van der Waals surface area contributed by atoms with Crippen molar-refractivity contribution in [3.63, 3.8) is 0 Å². The van der Waals surface area contributed by atoms with Crippen LogP contribution in [0, 0.1) is 13.8 Å². The predicted octanol–water partition coefficient (Wildman–Crippen LogP) is 4.94. The summed E-state index contributed by atoms with van der Waals surface area (Å²) in [7, 11) is 1.48. The minimum atomic E-state index is -0.678. The second-order valence-corrected chi connectivity index (χ2v) is 8.65. The van der Waals surface area contributed by atoms with E-state index in [-0.39, 0.29) is 5.70 Å². The molecule has 4 rings (SSSR count). The second kappa shape index (κ2) is 9.85. The van der Waals surface area contributed by atoms with Crippen molar-refractivity contribution in [3.8, 4) is 11.4 Å². The molecule has 1 aromatic heterocycles. The van der Waals surface area contributed by atoms with Crippen LogP contribution in [0.4, 0.5) is 10.5 Å². The Kier molecular flexibility index (Phi) is 6.86. The second-order valence-electron chi connectivity index (χ2n) is 7.86. The van der Waals surface area contributed by atoms with Gasteiger partial charge in [0.05, 0.1) is 28.5 Å². The number of methoxy groups -OCH3 is 1. The maximum Gasteiger partial charge on any atom is 0.329 e. The maximum absolute atomic E-state index is 12.9. The van der Waals surface area contributed by atoms with Crippen molar-refractivity contribution in [2.45, 2.75) is 13.8 Å². The molecule has 0 radical (unpaired) electrons. The highest BCUT2D eigenvalue weighted by molar-refractivity contribution is 6.43. The molecule has 0 saturated carbocycles. The van der Waals surface area contributed by atoms with E-state index in [2.05, 4.69) is 10.6 Å². The van der Waals surface area contributed by atoms with Crippen molar-refractivity contribution >= 4 is 52.8 Å². The fourth-order valence-electron chi connectivity index (χ4n) is 3.92. The molecule has 1 saturated heterocycles. The van der Waals surface area contributed by atoms with Crippen molar-refractivity contribution < 1.29 is 19.1 Å². The van der Waals surface area contributed by atoms with E-state index in [4.69, 9.17) is 27.9 Å². The molecule has 8 nitrogen and oxygen atoms in total. The number of anilines is 1. The number of nitrogens with zero attached hydrogens (tertiary/aromatic N) is 2. The number of aromatic nitrogens is 1. The first kappa shape index (κ1) is 24.4. The molecule has 35 heavy (non-hydrogen) atoms. The van der Waals surface area contributed by atoms with Gasteiger partial charge in [-0.15, -0.1) is 0 Å². The number of ether oxygens (including phenoxy) is 1. The van der Waals surface area contributed by atoms with Crippen LogP contribution in [0.3, 0.4) is 0 Å². The largest absolute Gasteiger partial charge is 0.495 e. The molecule has 2 heterocycles. The molecule has 0 bridgehead atoms. The monoisotopic (exact) mass is 512 g/mol. The van der Waals surface area contributed by atoms with Crippen molar-refractivity contribution in [3.05, 3.63) is 81.2 Å². The highest BCUT2D eigenvalue weighted by Crippen LogP contribution is 2.32. The van der Waals surface area contributed by atoms with Crippen molar-refractivity contribution in [1.82, 2.24) is 14.8 Å². The van der Waals surface area contributed by atoms with Gasteiger partial charge >= 0.3 is 6.03 Å². The normalized spacial score (nSPS) is 14.4. The summed E-state index contributed by atoms with van der Waals surface area (Å²) in [5, 5.41) is 6.04. The van der Waals surface area contributed by atoms with E-state index in [0.29, 0.717) is 32.7 Å². The molecule has 1 fully saturated rings. The topological polar surface area (TPSA) is 92.7 Å². The molecule has 2 N–H and O–H groups in total. The summed E-state index contributed by atoms with van der Waals surface area (Å²) < 4.78 is 7.13. The molecule has 0 atom stereocenters. The number of aryl methyl sites for hydroxylation is 1. The van der Waals surface area contributed by atoms with Crippen LogP contribution in [0.15, 0.2) is 54.2 Å². The van der Waals surface area contributed by atoms with E-state index in [0.717, 1.165) is 16.3 Å². The van der Waals surface area contributed by atoms with Gasteiger partial charge in [0.15, 0.2) is 0 Å². The van der Waals surface area contributed by atoms with Gasteiger partial charge < -0.3 is 19.9 Å². The molecule has 10 heteroatoms. The third-order valence-electron chi connectivity index (χ3n) is 5.59. The van der Waals surface area contributed by atoms with Crippen LogP contribution >= 0.6 is 23.2 Å². The molecule has 2 aromatic carbocycles. The smallest absolute Gasteiger partial charge is 0.329 e. The highest BCUT2D eigenvalue weighted by atomic mass is 35.5. The summed E-state index contributed by atoms with van der Waals surface area (Å²) in [4.78, 5) is 38.8. The molecule has 0 aliphatic carbocycles. The van der Waals surface area contributed by atoms with Gasteiger partial charge in [-0.2, -0.15) is 0 Å². The lowest BCUT2D eigenvalue weighted by molar-refractivity contribution is -0.127. The Balaban J connectivity index is 1.55. The average molecular weight is 513 g/mol. The minimum absolute atomic E-state index is 0.0672. The molecular weight excluding hydrogens is 491 g/mol. The zero-order valence-electron chi connectivity index (χ0n) is 19.2. The molecule has 0 spiro atoms. The Bertz CT molecular complexity index is 1380. The summed E-state index contributed by atoms with van der Waals surface area (Å²) in [6, 6.07) is 13.4. The number of carbonyl (C=O) groups is 3. The van der Waals surface area contributed by atoms with Crippen LogP contribution in [-0.2, 0) is 9.59 Å². The summed E-state index contributed by atoms with van der Waals surface area (Å²) in [6.07, 6.45) is 1.58. The fraction of sp³-hybridized carbons (Fsp3) is 0.160. The molecule has 4 amide bonds. The Morgan fingerprint density at radius 3 is 2.60 bits per heavy atom. The van der Waals surface area contributed by atoms with Crippen LogP contribution in [0.5, 0.6) is 5.75 Å². The highest BCUT2D eigenvalue weighted by Gasteiger charge is 2.35. The van der Waals surface area contributed by atoms with Gasteiger partial charge in [0.2, 0.25) is 5.91 Å². The standard InChI is InChI=1S/C25H22Cl2N4O4/c1-14-11-16(15(2)31(14)20-9-6-7-17(26)23(20)27)12-19-24(33)30(25(34)29-19)13-22(32)28-18-8-4-5-10-21(18)35-3/h4-12H,13H2,1-3H3,(H,28,32)(H,29,34)/b19-12+. The number of carbonyl (C=O) groups excluding carboxylic acids is 3. The van der Waals surface area contributed by atoms with Gasteiger partial charge in [-0.1, -0.05) is 41.4 Å². The molecule has 1 aliphatic heterocycles. The SMILES string of the molecule is COc1ccccc1NC(=O)CN1C(=O)N/C(=C/c2cc(C)n(-c3cccc(Cl)c3Cl)c2C)C1=O. The number of hydrogen-bond acceptors (Lipinski definition) is 4. The molecule has 3 aromatic rings. The summed E-state index contributed by atoms with van der Waals surface area (Å²) in [5.41, 5.74) is 3.59. The number of amides is 4. The lowest BCUT2D eigenvalue weighted by Gasteiger charge is -2.13. The number of halogens is 2. The first-order chi connectivity index (χ1) is 16.7. The van der Waals surface area contributed by atoms with Crippen molar-refractivity contribution in [2.75, 3.05) is 19.0 Å². The number of rotatable bonds is 6. The minimum Gasteiger partial charge on any atom is -0.495 e. The summed E-state index contributed by atoms with van der Waals surface area (Å²) >= 11 is 12.6. The van der Waals surface area contributed by atoms with Crippen LogP contribution in [0.1, 0.15) is 17.0 Å². The fourth-order valence-corrected chi connectivity index (χ4v) is 4.30. The first-order valence-corrected chi connectivity index (χ1v) is 11.4. The van der Waals surface area contributed by atoms with E-state index in [9.17, 15) is 14.4 Å². The Morgan fingerprint density at radius 2 is 1.86 bits per heavy atom. The van der Waals surface area contributed by atoms with Gasteiger partial charge in [-0.05, 0) is 55.8 Å². The number of hydrogen-bond donors (Lipinski definition) is 2. The molecule has 1 aliphatic rings.